The van der Waals surface area contributed by atoms with Crippen LogP contribution in [-0.2, 0) is 4.74 Å². The molecule has 0 amide bonds. The van der Waals surface area contributed by atoms with Gasteiger partial charge in [-0.2, -0.15) is 0 Å². The fraction of sp³-hybridized carbons (Fsp3) is 0.471. The lowest BCUT2D eigenvalue weighted by atomic mass is 10.2. The Kier molecular flexibility index (Phi) is 5.73. The van der Waals surface area contributed by atoms with Crippen LogP contribution in [0.2, 0.25) is 18.1 Å². The summed E-state index contributed by atoms with van der Waals surface area (Å²) in [6, 6.07) is 5.40. The van der Waals surface area contributed by atoms with Gasteiger partial charge in [0.15, 0.2) is 0 Å². The summed E-state index contributed by atoms with van der Waals surface area (Å²) in [6.07, 6.45) is 0. The molecule has 0 aromatic heterocycles. The van der Waals surface area contributed by atoms with E-state index >= 15 is 0 Å². The second-order valence-electron chi connectivity index (χ2n) is 6.96. The van der Waals surface area contributed by atoms with Crippen molar-refractivity contribution in [3.63, 3.8) is 0 Å². The Labute approximate surface area is 138 Å². The van der Waals surface area contributed by atoms with Gasteiger partial charge in [-0.25, -0.2) is 4.79 Å². The van der Waals surface area contributed by atoms with Gasteiger partial charge in [-0.05, 0) is 24.1 Å². The highest BCUT2D eigenvalue weighted by atomic mass is 28.3. The molecule has 0 heterocycles. The maximum absolute atomic E-state index is 12.3. The molecule has 1 aromatic carbocycles. The number of carbonyl (C=O) groups is 1. The van der Waals surface area contributed by atoms with E-state index in [1.807, 2.05) is 0 Å². The van der Waals surface area contributed by atoms with Crippen molar-refractivity contribution in [3.8, 4) is 11.8 Å². The van der Waals surface area contributed by atoms with Crippen LogP contribution in [0.4, 0.5) is 5.69 Å². The molecule has 0 radical (unpaired) electrons. The zero-order valence-corrected chi connectivity index (χ0v) is 15.5. The van der Waals surface area contributed by atoms with Crippen LogP contribution in [0.15, 0.2) is 24.3 Å². The van der Waals surface area contributed by atoms with Crippen molar-refractivity contribution < 1.29 is 14.5 Å². The van der Waals surface area contributed by atoms with E-state index in [9.17, 15) is 14.9 Å². The van der Waals surface area contributed by atoms with Crippen LogP contribution in [0, 0.1) is 22.0 Å². The molecule has 0 N–H and O–H groups in total. The van der Waals surface area contributed by atoms with Crippen molar-refractivity contribution in [2.45, 2.75) is 51.6 Å². The molecule has 0 aliphatic rings. The van der Waals surface area contributed by atoms with Crippen molar-refractivity contribution in [1.82, 2.24) is 0 Å². The van der Waals surface area contributed by atoms with Gasteiger partial charge in [-0.3, -0.25) is 10.1 Å². The molecule has 23 heavy (non-hydrogen) atoms. The lowest BCUT2D eigenvalue weighted by Gasteiger charge is -2.39. The summed E-state index contributed by atoms with van der Waals surface area (Å²) in [5.41, 5.74) is -0.205. The zero-order chi connectivity index (χ0) is 17.8. The van der Waals surface area contributed by atoms with E-state index in [0.29, 0.717) is 0 Å². The summed E-state index contributed by atoms with van der Waals surface area (Å²) < 4.78 is 5.65. The van der Waals surface area contributed by atoms with Gasteiger partial charge in [0.05, 0.1) is 10.5 Å². The van der Waals surface area contributed by atoms with E-state index in [1.165, 1.54) is 24.3 Å². The van der Waals surface area contributed by atoms with Gasteiger partial charge in [-0.15, -0.1) is 5.92 Å². The summed E-state index contributed by atoms with van der Waals surface area (Å²) in [5, 5.41) is 10.7. The molecule has 0 bridgehead atoms. The standard InChI is InChI=1S/C17H23NO4Si/c1-7-8-15(23(5,6)17(2,3)4)22-16(19)13-9-11-14(12-10-13)18(20)21/h9-12,15H,1-6H3/t15-/m0/s1. The van der Waals surface area contributed by atoms with E-state index in [4.69, 9.17) is 4.74 Å². The third-order valence-corrected chi connectivity index (χ3v) is 9.84. The molecule has 0 unspecified atom stereocenters. The SMILES string of the molecule is CC#C[C@@H](OC(=O)c1ccc([N+](=O)[O-])cc1)[Si](C)(C)C(C)(C)C. The first kappa shape index (κ1) is 18.9. The molecule has 0 aliphatic carbocycles. The summed E-state index contributed by atoms with van der Waals surface area (Å²) >= 11 is 0. The molecule has 1 aromatic rings. The maximum Gasteiger partial charge on any atom is 0.339 e. The van der Waals surface area contributed by atoms with Gasteiger partial charge in [-0.1, -0.05) is 39.8 Å². The highest BCUT2D eigenvalue weighted by Gasteiger charge is 2.44. The average Bonchev–Trinajstić information content (AvgIpc) is 2.45. The summed E-state index contributed by atoms with van der Waals surface area (Å²) in [6.45, 7) is 12.4. The van der Waals surface area contributed by atoms with Crippen molar-refractivity contribution in [2.75, 3.05) is 0 Å². The van der Waals surface area contributed by atoms with Crippen LogP contribution in [0.3, 0.4) is 0 Å². The first-order valence-electron chi connectivity index (χ1n) is 7.38. The van der Waals surface area contributed by atoms with Gasteiger partial charge < -0.3 is 4.74 Å². The lowest BCUT2D eigenvalue weighted by molar-refractivity contribution is -0.384. The number of ether oxygens (including phenoxy) is 1. The van der Waals surface area contributed by atoms with Crippen LogP contribution >= 0.6 is 0 Å². The van der Waals surface area contributed by atoms with Crippen LogP contribution in [0.1, 0.15) is 38.1 Å². The monoisotopic (exact) mass is 333 g/mol. The molecule has 0 fully saturated rings. The number of carbonyl (C=O) groups excluding carboxylic acids is 1. The Morgan fingerprint density at radius 2 is 1.78 bits per heavy atom. The molecule has 1 rings (SSSR count). The van der Waals surface area contributed by atoms with Gasteiger partial charge in [0.1, 0.15) is 13.8 Å². The molecule has 124 valence electrons. The second-order valence-corrected chi connectivity index (χ2v) is 12.4. The number of benzene rings is 1. The fourth-order valence-electron chi connectivity index (χ4n) is 1.78. The van der Waals surface area contributed by atoms with E-state index in [-0.39, 0.29) is 16.3 Å². The molecule has 0 saturated heterocycles. The molecule has 1 atom stereocenters. The molecule has 0 spiro atoms. The first-order chi connectivity index (χ1) is 10.5. The van der Waals surface area contributed by atoms with Gasteiger partial charge in [0.2, 0.25) is 0 Å². The number of nitrogens with zero attached hydrogens (tertiary/aromatic N) is 1. The largest absolute Gasteiger partial charge is 0.450 e. The topological polar surface area (TPSA) is 69.4 Å². The lowest BCUT2D eigenvalue weighted by Crippen LogP contribution is -2.50. The summed E-state index contributed by atoms with van der Waals surface area (Å²) in [7, 11) is -2.00. The maximum atomic E-state index is 12.3. The third kappa shape index (κ3) is 4.42. The van der Waals surface area contributed by atoms with E-state index in [0.717, 1.165) is 0 Å². The number of nitro benzene ring substituents is 1. The third-order valence-electron chi connectivity index (χ3n) is 4.40. The van der Waals surface area contributed by atoms with E-state index < -0.39 is 24.7 Å². The van der Waals surface area contributed by atoms with Crippen molar-refractivity contribution in [2.24, 2.45) is 0 Å². The normalized spacial score (nSPS) is 12.8. The van der Waals surface area contributed by atoms with Crippen LogP contribution in [-0.4, -0.2) is 24.7 Å². The summed E-state index contributed by atoms with van der Waals surface area (Å²) in [5.74, 6) is 5.36. The van der Waals surface area contributed by atoms with Crippen molar-refractivity contribution in [1.29, 1.82) is 0 Å². The number of hydrogen-bond donors (Lipinski definition) is 0. The van der Waals surface area contributed by atoms with Crippen molar-refractivity contribution in [3.05, 3.63) is 39.9 Å². The highest BCUT2D eigenvalue weighted by molar-refractivity contribution is 6.82. The highest BCUT2D eigenvalue weighted by Crippen LogP contribution is 2.39. The Morgan fingerprint density at radius 3 is 2.17 bits per heavy atom. The Balaban J connectivity index is 3.03. The van der Waals surface area contributed by atoms with Crippen molar-refractivity contribution >= 4 is 19.7 Å². The van der Waals surface area contributed by atoms with E-state index in [2.05, 4.69) is 45.7 Å². The predicted molar refractivity (Wildman–Crippen MR) is 92.9 cm³/mol. The smallest absolute Gasteiger partial charge is 0.339 e. The molecular weight excluding hydrogens is 310 g/mol. The number of esters is 1. The number of rotatable bonds is 4. The second kappa shape index (κ2) is 6.96. The van der Waals surface area contributed by atoms with Crippen LogP contribution in [0.5, 0.6) is 0 Å². The quantitative estimate of drug-likeness (QED) is 0.272. The van der Waals surface area contributed by atoms with Crippen LogP contribution < -0.4 is 0 Å². The molecule has 6 heteroatoms. The first-order valence-corrected chi connectivity index (χ1v) is 10.5. The number of hydrogen-bond acceptors (Lipinski definition) is 4. The summed E-state index contributed by atoms with van der Waals surface area (Å²) in [4.78, 5) is 22.5. The van der Waals surface area contributed by atoms with Gasteiger partial charge in [0, 0.05) is 12.1 Å². The minimum atomic E-state index is -2.00. The zero-order valence-electron chi connectivity index (χ0n) is 14.5. The predicted octanol–water partition coefficient (Wildman–Crippen LogP) is 4.19. The molecule has 0 aliphatic heterocycles. The Morgan fingerprint density at radius 1 is 1.26 bits per heavy atom. The van der Waals surface area contributed by atoms with Crippen LogP contribution in [0.25, 0.3) is 0 Å². The van der Waals surface area contributed by atoms with Gasteiger partial charge in [0.25, 0.3) is 5.69 Å². The average molecular weight is 333 g/mol. The number of nitro groups is 1. The Hall–Kier alpha value is -2.13. The Bertz CT molecular complexity index is 648. The molecular formula is C17H23NO4Si. The number of non-ortho nitro benzene ring substituents is 1. The van der Waals surface area contributed by atoms with Gasteiger partial charge >= 0.3 is 5.97 Å². The minimum Gasteiger partial charge on any atom is -0.450 e. The molecule has 5 nitrogen and oxygen atoms in total. The minimum absolute atomic E-state index is 0.0112. The fourth-order valence-corrected chi connectivity index (χ4v) is 3.47. The molecule has 0 saturated carbocycles. The van der Waals surface area contributed by atoms with E-state index in [1.54, 1.807) is 6.92 Å².